The Bertz CT molecular complexity index is 493. The summed E-state index contributed by atoms with van der Waals surface area (Å²) in [7, 11) is -2.31. The second kappa shape index (κ2) is 4.20. The molecule has 0 aromatic heterocycles. The van der Waals surface area contributed by atoms with Gasteiger partial charge in [-0.1, -0.05) is 11.6 Å². The van der Waals surface area contributed by atoms with Gasteiger partial charge in [0.25, 0.3) is 0 Å². The van der Waals surface area contributed by atoms with Crippen LogP contribution < -0.4 is 0 Å². The van der Waals surface area contributed by atoms with E-state index in [0.717, 1.165) is 6.26 Å². The molecule has 82 valence electrons. The minimum atomic E-state index is -3.50. The Labute approximate surface area is 92.7 Å². The molecular weight excluding hydrogens is 240 g/mol. The Balaban J connectivity index is 3.47. The number of benzene rings is 1. The first kappa shape index (κ1) is 12.0. The lowest BCUT2D eigenvalue weighted by molar-refractivity contribution is 0.0596. The molecule has 0 radical (unpaired) electrons. The molecule has 1 aromatic rings. The number of esters is 1. The van der Waals surface area contributed by atoms with E-state index in [0.29, 0.717) is 0 Å². The van der Waals surface area contributed by atoms with E-state index in [9.17, 15) is 13.2 Å². The molecule has 0 unspecified atom stereocenters. The van der Waals surface area contributed by atoms with Gasteiger partial charge in [-0.2, -0.15) is 0 Å². The number of sulfone groups is 1. The Hall–Kier alpha value is -1.07. The maximum Gasteiger partial charge on any atom is 0.339 e. The second-order valence-electron chi connectivity index (χ2n) is 2.90. The molecule has 6 heteroatoms. The van der Waals surface area contributed by atoms with E-state index >= 15 is 0 Å². The fraction of sp³-hybridized carbons (Fsp3) is 0.222. The fourth-order valence-electron chi connectivity index (χ4n) is 1.08. The molecule has 1 rings (SSSR count). The van der Waals surface area contributed by atoms with Crippen molar-refractivity contribution in [3.05, 3.63) is 28.8 Å². The minimum Gasteiger partial charge on any atom is -0.465 e. The van der Waals surface area contributed by atoms with E-state index in [-0.39, 0.29) is 15.5 Å². The van der Waals surface area contributed by atoms with Crippen LogP contribution in [0.4, 0.5) is 0 Å². The van der Waals surface area contributed by atoms with Crippen molar-refractivity contribution in [2.45, 2.75) is 4.90 Å². The molecule has 0 bridgehead atoms. The van der Waals surface area contributed by atoms with Crippen LogP contribution in [0.15, 0.2) is 23.1 Å². The average molecular weight is 249 g/mol. The standard InChI is InChI=1S/C9H9ClO4S/c1-14-9(11)7-4-3-6(10)5-8(7)15(2,12)13/h3-5H,1-2H3. The van der Waals surface area contributed by atoms with Gasteiger partial charge in [-0.25, -0.2) is 13.2 Å². The predicted octanol–water partition coefficient (Wildman–Crippen LogP) is 1.53. The van der Waals surface area contributed by atoms with Crippen LogP contribution in [0.5, 0.6) is 0 Å². The summed E-state index contributed by atoms with van der Waals surface area (Å²) in [6, 6.07) is 3.98. The van der Waals surface area contributed by atoms with Crippen molar-refractivity contribution in [3.63, 3.8) is 0 Å². The first-order valence-corrected chi connectivity index (χ1v) is 6.21. The van der Waals surface area contributed by atoms with Gasteiger partial charge in [0.1, 0.15) is 0 Å². The first-order chi connectivity index (χ1) is 6.86. The molecule has 1 aromatic carbocycles. The van der Waals surface area contributed by atoms with Crippen molar-refractivity contribution >= 4 is 27.4 Å². The van der Waals surface area contributed by atoms with Crippen LogP contribution in [-0.4, -0.2) is 27.8 Å². The zero-order valence-electron chi connectivity index (χ0n) is 8.15. The smallest absolute Gasteiger partial charge is 0.339 e. The van der Waals surface area contributed by atoms with Gasteiger partial charge >= 0.3 is 5.97 Å². The Morgan fingerprint density at radius 3 is 2.47 bits per heavy atom. The summed E-state index contributed by atoms with van der Waals surface area (Å²) >= 11 is 5.65. The van der Waals surface area contributed by atoms with Gasteiger partial charge in [0.2, 0.25) is 0 Å². The van der Waals surface area contributed by atoms with Gasteiger partial charge in [-0.3, -0.25) is 0 Å². The van der Waals surface area contributed by atoms with E-state index in [1.807, 2.05) is 0 Å². The number of hydrogen-bond donors (Lipinski definition) is 0. The Morgan fingerprint density at radius 2 is 2.00 bits per heavy atom. The van der Waals surface area contributed by atoms with Crippen LogP contribution in [0.25, 0.3) is 0 Å². The van der Waals surface area contributed by atoms with Crippen LogP contribution in [0.2, 0.25) is 5.02 Å². The van der Waals surface area contributed by atoms with Gasteiger partial charge < -0.3 is 4.74 Å². The SMILES string of the molecule is COC(=O)c1ccc(Cl)cc1S(C)(=O)=O. The molecule has 0 atom stereocenters. The van der Waals surface area contributed by atoms with Gasteiger partial charge in [0.05, 0.1) is 17.6 Å². The van der Waals surface area contributed by atoms with Crippen molar-refractivity contribution in [3.8, 4) is 0 Å². The summed E-state index contributed by atoms with van der Waals surface area (Å²) in [6.45, 7) is 0. The number of carbonyl (C=O) groups is 1. The van der Waals surface area contributed by atoms with Crippen LogP contribution in [0.3, 0.4) is 0 Å². The summed E-state index contributed by atoms with van der Waals surface area (Å²) in [4.78, 5) is 11.1. The highest BCUT2D eigenvalue weighted by molar-refractivity contribution is 7.90. The van der Waals surface area contributed by atoms with E-state index < -0.39 is 15.8 Å². The fourth-order valence-corrected chi connectivity index (χ4v) is 2.21. The third-order valence-electron chi connectivity index (χ3n) is 1.75. The van der Waals surface area contributed by atoms with Crippen molar-refractivity contribution in [2.24, 2.45) is 0 Å². The molecule has 0 aliphatic rings. The summed E-state index contributed by atoms with van der Waals surface area (Å²) in [5.41, 5.74) is -0.00981. The van der Waals surface area contributed by atoms with Crippen LogP contribution in [-0.2, 0) is 14.6 Å². The van der Waals surface area contributed by atoms with E-state index in [1.54, 1.807) is 0 Å². The maximum absolute atomic E-state index is 11.4. The quantitative estimate of drug-likeness (QED) is 0.745. The molecule has 0 fully saturated rings. The zero-order chi connectivity index (χ0) is 11.6. The number of ether oxygens (including phenoxy) is 1. The number of halogens is 1. The molecular formula is C9H9ClO4S. The number of rotatable bonds is 2. The predicted molar refractivity (Wildman–Crippen MR) is 55.9 cm³/mol. The average Bonchev–Trinajstić information content (AvgIpc) is 2.15. The highest BCUT2D eigenvalue weighted by Crippen LogP contribution is 2.21. The monoisotopic (exact) mass is 248 g/mol. The maximum atomic E-state index is 11.4. The number of carbonyl (C=O) groups excluding carboxylic acids is 1. The zero-order valence-corrected chi connectivity index (χ0v) is 9.72. The van der Waals surface area contributed by atoms with Crippen molar-refractivity contribution < 1.29 is 17.9 Å². The molecule has 0 spiro atoms. The first-order valence-electron chi connectivity index (χ1n) is 3.94. The van der Waals surface area contributed by atoms with E-state index in [1.165, 1.54) is 25.3 Å². The van der Waals surface area contributed by atoms with Crippen molar-refractivity contribution in [1.82, 2.24) is 0 Å². The lowest BCUT2D eigenvalue weighted by atomic mass is 10.2. The van der Waals surface area contributed by atoms with Gasteiger partial charge in [0, 0.05) is 11.3 Å². The molecule has 4 nitrogen and oxygen atoms in total. The second-order valence-corrected chi connectivity index (χ2v) is 5.32. The van der Waals surface area contributed by atoms with Crippen LogP contribution in [0.1, 0.15) is 10.4 Å². The van der Waals surface area contributed by atoms with Crippen molar-refractivity contribution in [2.75, 3.05) is 13.4 Å². The Morgan fingerprint density at radius 1 is 1.40 bits per heavy atom. The highest BCUT2D eigenvalue weighted by Gasteiger charge is 2.19. The molecule has 0 N–H and O–H groups in total. The van der Waals surface area contributed by atoms with E-state index in [4.69, 9.17) is 11.6 Å². The minimum absolute atomic E-state index is 0.00981. The van der Waals surface area contributed by atoms with Gasteiger partial charge in [0.15, 0.2) is 9.84 Å². The molecule has 0 saturated carbocycles. The highest BCUT2D eigenvalue weighted by atomic mass is 35.5. The van der Waals surface area contributed by atoms with Crippen LogP contribution in [0, 0.1) is 0 Å². The normalized spacial score (nSPS) is 11.1. The largest absolute Gasteiger partial charge is 0.465 e. The molecule has 0 saturated heterocycles. The summed E-state index contributed by atoms with van der Waals surface area (Å²) in [5.74, 6) is -0.702. The molecule has 0 heterocycles. The molecule has 0 aliphatic carbocycles. The van der Waals surface area contributed by atoms with Crippen molar-refractivity contribution in [1.29, 1.82) is 0 Å². The Kier molecular flexibility index (Phi) is 3.36. The third-order valence-corrected chi connectivity index (χ3v) is 3.12. The third kappa shape index (κ3) is 2.70. The summed E-state index contributed by atoms with van der Waals surface area (Å²) in [6.07, 6.45) is 1.01. The topological polar surface area (TPSA) is 60.4 Å². The molecule has 0 aliphatic heterocycles. The molecule has 0 amide bonds. The summed E-state index contributed by atoms with van der Waals surface area (Å²) in [5, 5.41) is 0.253. The lowest BCUT2D eigenvalue weighted by Gasteiger charge is -2.06. The molecule has 15 heavy (non-hydrogen) atoms. The van der Waals surface area contributed by atoms with E-state index in [2.05, 4.69) is 4.74 Å². The summed E-state index contributed by atoms with van der Waals surface area (Å²) < 4.78 is 27.2. The van der Waals surface area contributed by atoms with Crippen LogP contribution >= 0.6 is 11.6 Å². The lowest BCUT2D eigenvalue weighted by Crippen LogP contribution is -2.09. The number of methoxy groups -OCH3 is 1. The van der Waals surface area contributed by atoms with Gasteiger partial charge in [-0.05, 0) is 18.2 Å². The van der Waals surface area contributed by atoms with Gasteiger partial charge in [-0.15, -0.1) is 0 Å². The number of hydrogen-bond acceptors (Lipinski definition) is 4.